The molecule has 2 rings (SSSR count). The van der Waals surface area contributed by atoms with Crippen molar-refractivity contribution in [1.82, 2.24) is 10.1 Å². The van der Waals surface area contributed by atoms with Gasteiger partial charge in [0.2, 0.25) is 0 Å². The normalized spacial score (nSPS) is 12.0. The van der Waals surface area contributed by atoms with E-state index >= 15 is 0 Å². The molecule has 0 radical (unpaired) electrons. The van der Waals surface area contributed by atoms with Gasteiger partial charge in [-0.15, -0.1) is 0 Å². The van der Waals surface area contributed by atoms with Crippen LogP contribution in [0, 0.1) is 6.92 Å². The maximum Gasteiger partial charge on any atom is 0.254 e. The van der Waals surface area contributed by atoms with Gasteiger partial charge in [-0.3, -0.25) is 4.79 Å². The summed E-state index contributed by atoms with van der Waals surface area (Å²) in [6.45, 7) is 4.68. The molecule has 0 unspecified atom stereocenters. The summed E-state index contributed by atoms with van der Waals surface area (Å²) in [6, 6.07) is 6.98. The fourth-order valence-electron chi connectivity index (χ4n) is 2.07. The van der Waals surface area contributed by atoms with Gasteiger partial charge in [0.05, 0.1) is 6.04 Å². The highest BCUT2D eigenvalue weighted by Crippen LogP contribution is 2.23. The Morgan fingerprint density at radius 1 is 1.45 bits per heavy atom. The lowest BCUT2D eigenvalue weighted by Gasteiger charge is -2.23. The molecule has 0 saturated heterocycles. The molecule has 0 aliphatic heterocycles. The summed E-state index contributed by atoms with van der Waals surface area (Å²) in [5.41, 5.74) is 7.70. The van der Waals surface area contributed by atoms with Crippen molar-refractivity contribution in [2.45, 2.75) is 19.9 Å². The molecule has 1 heterocycles. The fraction of sp³-hybridized carbons (Fsp3) is 0.375. The summed E-state index contributed by atoms with van der Waals surface area (Å²) in [4.78, 5) is 14.2. The van der Waals surface area contributed by atoms with Crippen LogP contribution in [0.1, 0.15) is 34.6 Å². The number of nitrogens with zero attached hydrogens (tertiary/aromatic N) is 2. The third kappa shape index (κ3) is 3.46. The number of amides is 1. The van der Waals surface area contributed by atoms with Crippen LogP contribution in [-0.2, 0) is 0 Å². The zero-order valence-electron chi connectivity index (χ0n) is 13.1. The van der Waals surface area contributed by atoms with Gasteiger partial charge >= 0.3 is 0 Å². The average Bonchev–Trinajstić information content (AvgIpc) is 3.06. The second-order valence-electron chi connectivity index (χ2n) is 5.13. The third-order valence-electron chi connectivity index (χ3n) is 3.60. The third-order valence-corrected chi connectivity index (χ3v) is 3.60. The van der Waals surface area contributed by atoms with E-state index in [2.05, 4.69) is 5.16 Å². The Labute approximate surface area is 129 Å². The van der Waals surface area contributed by atoms with E-state index in [0.29, 0.717) is 30.2 Å². The highest BCUT2D eigenvalue weighted by atomic mass is 16.5. The van der Waals surface area contributed by atoms with Crippen molar-refractivity contribution in [2.24, 2.45) is 5.73 Å². The molecule has 1 aromatic carbocycles. The SMILES string of the molecule is Cc1ccc(C(=O)N(C)[C@@H](C)c2ccon2)cc1OCCN. The Bertz CT molecular complexity index is 626. The topological polar surface area (TPSA) is 81.6 Å². The maximum absolute atomic E-state index is 12.6. The monoisotopic (exact) mass is 303 g/mol. The van der Waals surface area contributed by atoms with Gasteiger partial charge in [-0.05, 0) is 31.5 Å². The standard InChI is InChI=1S/C16H21N3O3/c1-11-4-5-13(10-15(11)21-9-7-17)16(20)19(3)12(2)14-6-8-22-18-14/h4-6,8,10,12H,7,9,17H2,1-3H3/t12-/m0/s1. The first-order chi connectivity index (χ1) is 10.5. The molecule has 1 aromatic heterocycles. The van der Waals surface area contributed by atoms with Crippen LogP contribution in [0.2, 0.25) is 0 Å². The number of hydrogen-bond acceptors (Lipinski definition) is 5. The second-order valence-corrected chi connectivity index (χ2v) is 5.13. The molecular formula is C16H21N3O3. The second kappa shape index (κ2) is 7.09. The van der Waals surface area contributed by atoms with E-state index in [9.17, 15) is 4.79 Å². The minimum absolute atomic E-state index is 0.104. The molecule has 6 nitrogen and oxygen atoms in total. The van der Waals surface area contributed by atoms with Crippen molar-refractivity contribution in [1.29, 1.82) is 0 Å². The molecule has 0 spiro atoms. The van der Waals surface area contributed by atoms with Gasteiger partial charge in [-0.25, -0.2) is 0 Å². The summed E-state index contributed by atoms with van der Waals surface area (Å²) >= 11 is 0. The summed E-state index contributed by atoms with van der Waals surface area (Å²) in [5.74, 6) is 0.576. The van der Waals surface area contributed by atoms with Gasteiger partial charge in [0.25, 0.3) is 5.91 Å². The average molecular weight is 303 g/mol. The molecular weight excluding hydrogens is 282 g/mol. The Hall–Kier alpha value is -2.34. The molecule has 1 atom stereocenters. The van der Waals surface area contributed by atoms with E-state index in [4.69, 9.17) is 15.0 Å². The first-order valence-corrected chi connectivity index (χ1v) is 7.15. The maximum atomic E-state index is 12.6. The van der Waals surface area contributed by atoms with E-state index < -0.39 is 0 Å². The van der Waals surface area contributed by atoms with Crippen LogP contribution >= 0.6 is 0 Å². The lowest BCUT2D eigenvalue weighted by atomic mass is 10.1. The first-order valence-electron chi connectivity index (χ1n) is 7.15. The molecule has 1 amide bonds. The number of aryl methyl sites for hydroxylation is 1. The molecule has 2 N–H and O–H groups in total. The van der Waals surface area contributed by atoms with E-state index in [1.54, 1.807) is 30.1 Å². The van der Waals surface area contributed by atoms with Gasteiger partial charge in [0.15, 0.2) is 0 Å². The van der Waals surface area contributed by atoms with Crippen molar-refractivity contribution in [3.63, 3.8) is 0 Å². The number of aromatic nitrogens is 1. The minimum atomic E-state index is -0.180. The van der Waals surface area contributed by atoms with Crippen molar-refractivity contribution in [2.75, 3.05) is 20.2 Å². The smallest absolute Gasteiger partial charge is 0.254 e. The molecule has 2 aromatic rings. The van der Waals surface area contributed by atoms with E-state index in [-0.39, 0.29) is 11.9 Å². The zero-order chi connectivity index (χ0) is 16.1. The molecule has 22 heavy (non-hydrogen) atoms. The van der Waals surface area contributed by atoms with Gasteiger partial charge in [-0.2, -0.15) is 0 Å². The number of rotatable bonds is 6. The summed E-state index contributed by atoms with van der Waals surface area (Å²) in [5, 5.41) is 3.88. The Morgan fingerprint density at radius 2 is 2.23 bits per heavy atom. The van der Waals surface area contributed by atoms with Crippen LogP contribution in [0.25, 0.3) is 0 Å². The minimum Gasteiger partial charge on any atom is -0.492 e. The lowest BCUT2D eigenvalue weighted by Crippen LogP contribution is -2.29. The Morgan fingerprint density at radius 3 is 2.86 bits per heavy atom. The first kappa shape index (κ1) is 16.0. The summed E-state index contributed by atoms with van der Waals surface area (Å²) < 4.78 is 10.4. The number of benzene rings is 1. The van der Waals surface area contributed by atoms with Gasteiger partial charge < -0.3 is 19.9 Å². The molecule has 6 heteroatoms. The summed E-state index contributed by atoms with van der Waals surface area (Å²) in [7, 11) is 1.74. The highest BCUT2D eigenvalue weighted by molar-refractivity contribution is 5.94. The zero-order valence-corrected chi connectivity index (χ0v) is 13.1. The molecule has 0 bridgehead atoms. The predicted molar refractivity (Wildman–Crippen MR) is 82.7 cm³/mol. The van der Waals surface area contributed by atoms with Crippen LogP contribution in [0.4, 0.5) is 0 Å². The van der Waals surface area contributed by atoms with Crippen molar-refractivity contribution < 1.29 is 14.1 Å². The fourth-order valence-corrected chi connectivity index (χ4v) is 2.07. The lowest BCUT2D eigenvalue weighted by molar-refractivity contribution is 0.0737. The van der Waals surface area contributed by atoms with Gasteiger partial charge in [0, 0.05) is 25.2 Å². The molecule has 0 aliphatic carbocycles. The largest absolute Gasteiger partial charge is 0.492 e. The van der Waals surface area contributed by atoms with Crippen LogP contribution in [0.3, 0.4) is 0 Å². The van der Waals surface area contributed by atoms with E-state index in [1.165, 1.54) is 6.26 Å². The van der Waals surface area contributed by atoms with E-state index in [0.717, 1.165) is 5.56 Å². The van der Waals surface area contributed by atoms with Crippen molar-refractivity contribution >= 4 is 5.91 Å². The van der Waals surface area contributed by atoms with E-state index in [1.807, 2.05) is 19.9 Å². The molecule has 118 valence electrons. The quantitative estimate of drug-likeness (QED) is 0.884. The number of carbonyl (C=O) groups excluding carboxylic acids is 1. The molecule has 0 saturated carbocycles. The Kier molecular flexibility index (Phi) is 5.16. The molecule has 0 fully saturated rings. The predicted octanol–water partition coefficient (Wildman–Crippen LogP) is 2.15. The van der Waals surface area contributed by atoms with Gasteiger partial charge in [-0.1, -0.05) is 11.2 Å². The van der Waals surface area contributed by atoms with Crippen LogP contribution in [0.5, 0.6) is 5.75 Å². The number of ether oxygens (including phenoxy) is 1. The van der Waals surface area contributed by atoms with Crippen LogP contribution in [-0.4, -0.2) is 36.2 Å². The molecule has 0 aliphatic rings. The van der Waals surface area contributed by atoms with Gasteiger partial charge in [0.1, 0.15) is 24.3 Å². The number of nitrogens with two attached hydrogens (primary N) is 1. The summed E-state index contributed by atoms with van der Waals surface area (Å²) in [6.07, 6.45) is 1.49. The number of hydrogen-bond donors (Lipinski definition) is 1. The van der Waals surface area contributed by atoms with Crippen LogP contribution in [0.15, 0.2) is 35.1 Å². The number of carbonyl (C=O) groups is 1. The highest BCUT2D eigenvalue weighted by Gasteiger charge is 2.21. The van der Waals surface area contributed by atoms with Crippen molar-refractivity contribution in [3.05, 3.63) is 47.3 Å². The Balaban J connectivity index is 2.18. The van der Waals surface area contributed by atoms with Crippen molar-refractivity contribution in [3.8, 4) is 5.75 Å². The van der Waals surface area contributed by atoms with Crippen LogP contribution < -0.4 is 10.5 Å².